The van der Waals surface area contributed by atoms with Crippen LogP contribution in [-0.4, -0.2) is 29.6 Å². The molecule has 0 amide bonds. The van der Waals surface area contributed by atoms with Crippen LogP contribution in [0.1, 0.15) is 91.0 Å². The largest absolute Gasteiger partial charge is 0.377 e. The van der Waals surface area contributed by atoms with Crippen LogP contribution in [0.5, 0.6) is 0 Å². The zero-order valence-electron chi connectivity index (χ0n) is 22.5. The Bertz CT molecular complexity index is 1090. The summed E-state index contributed by atoms with van der Waals surface area (Å²) < 4.78 is 0. The molecule has 0 aromatic heterocycles. The lowest BCUT2D eigenvalue weighted by atomic mass is 9.43. The van der Waals surface area contributed by atoms with Crippen LogP contribution in [0, 0.1) is 40.4 Å². The summed E-state index contributed by atoms with van der Waals surface area (Å²) in [6.45, 7) is 11.1. The lowest BCUT2D eigenvalue weighted by Gasteiger charge is -2.61. The first-order chi connectivity index (χ1) is 16.5. The molecule has 188 valence electrons. The fourth-order valence-corrected chi connectivity index (χ4v) is 8.74. The molecule has 3 nitrogen and oxygen atoms in total. The number of hydrogen-bond donors (Lipinski definition) is 1. The van der Waals surface area contributed by atoms with Gasteiger partial charge in [0.2, 0.25) is 0 Å². The molecule has 3 heteroatoms. The summed E-state index contributed by atoms with van der Waals surface area (Å²) in [4.78, 5) is 14.7. The van der Waals surface area contributed by atoms with Crippen molar-refractivity contribution in [2.45, 2.75) is 97.1 Å². The highest BCUT2D eigenvalue weighted by atomic mass is 16.3. The summed E-state index contributed by atoms with van der Waals surface area (Å²) >= 11 is 0. The maximum atomic E-state index is 12.4. The predicted molar refractivity (Wildman–Crippen MR) is 143 cm³/mol. The molecule has 4 aliphatic rings. The van der Waals surface area contributed by atoms with Crippen LogP contribution >= 0.6 is 0 Å². The number of nitrogens with zero attached hydrogens (tertiary/aromatic N) is 1. The molecule has 3 saturated carbocycles. The van der Waals surface area contributed by atoms with E-state index in [1.165, 1.54) is 16.8 Å². The van der Waals surface area contributed by atoms with Gasteiger partial charge in [0.05, 0.1) is 0 Å². The topological polar surface area (TPSA) is 40.5 Å². The Labute approximate surface area is 212 Å². The van der Waals surface area contributed by atoms with Gasteiger partial charge in [-0.25, -0.2) is 0 Å². The third-order valence-corrected chi connectivity index (χ3v) is 10.9. The van der Waals surface area contributed by atoms with Crippen molar-refractivity contribution in [1.29, 1.82) is 0 Å². The summed E-state index contributed by atoms with van der Waals surface area (Å²) in [5.41, 5.74) is 2.96. The summed E-state index contributed by atoms with van der Waals surface area (Å²) in [5.74, 6) is 8.55. The van der Waals surface area contributed by atoms with E-state index in [0.29, 0.717) is 41.9 Å². The second-order valence-corrected chi connectivity index (χ2v) is 12.7. The molecule has 35 heavy (non-hydrogen) atoms. The van der Waals surface area contributed by atoms with E-state index in [1.807, 2.05) is 13.0 Å². The molecule has 5 rings (SSSR count). The standard InChI is InChI=1S/C32H43NO2/c1-7-16-32(35)18-15-28-26-13-10-23-19-25(34)14-17-30(23,4)29(26)27(20-31(28,32)5)22-8-11-24(12-9-22)33(6)21(2)3/h8-9,11-12,19,21,26-29,35H,10,13-15,17-18,20H2,1-6H3/t26-,27+,28-,29+,30-,31?,32-/m0/s1. The third kappa shape index (κ3) is 3.62. The first kappa shape index (κ1) is 24.6. The molecule has 4 aliphatic carbocycles. The van der Waals surface area contributed by atoms with Gasteiger partial charge < -0.3 is 10.0 Å². The summed E-state index contributed by atoms with van der Waals surface area (Å²) in [6.07, 6.45) is 8.58. The van der Waals surface area contributed by atoms with Crippen molar-refractivity contribution >= 4 is 11.5 Å². The lowest BCUT2D eigenvalue weighted by Crippen LogP contribution is -2.57. The van der Waals surface area contributed by atoms with E-state index in [1.54, 1.807) is 0 Å². The molecule has 0 aliphatic heterocycles. The second kappa shape index (κ2) is 8.52. The van der Waals surface area contributed by atoms with Crippen molar-refractivity contribution in [3.05, 3.63) is 41.5 Å². The average Bonchev–Trinajstić information content (AvgIpc) is 3.09. The number of ketones is 1. The van der Waals surface area contributed by atoms with E-state index in [9.17, 15) is 9.90 Å². The van der Waals surface area contributed by atoms with Gasteiger partial charge in [-0.15, -0.1) is 5.92 Å². The van der Waals surface area contributed by atoms with E-state index >= 15 is 0 Å². The minimum absolute atomic E-state index is 0.0629. The average molecular weight is 474 g/mol. The molecule has 1 N–H and O–H groups in total. The van der Waals surface area contributed by atoms with E-state index < -0.39 is 5.60 Å². The Morgan fingerprint density at radius 3 is 2.46 bits per heavy atom. The quantitative estimate of drug-likeness (QED) is 0.509. The Balaban J connectivity index is 1.62. The van der Waals surface area contributed by atoms with Crippen molar-refractivity contribution < 1.29 is 9.90 Å². The highest BCUT2D eigenvalue weighted by Crippen LogP contribution is 2.70. The number of fused-ring (bicyclic) bond motifs is 5. The number of carbonyl (C=O) groups excluding carboxylic acids is 1. The molecule has 0 heterocycles. The number of carbonyl (C=O) groups is 1. The first-order valence-corrected chi connectivity index (χ1v) is 13.8. The minimum atomic E-state index is -0.910. The SMILES string of the molecule is CC#C[C@]1(O)CC[C@H]2[C@@H]3CCC4=CC(=O)CC[C@]4(C)[C@H]3[C@@H](c3ccc(N(C)C(C)C)cc3)CC21C. The fourth-order valence-electron chi connectivity index (χ4n) is 8.74. The van der Waals surface area contributed by atoms with Crippen molar-refractivity contribution in [2.75, 3.05) is 11.9 Å². The molecule has 0 saturated heterocycles. The molecule has 1 aromatic carbocycles. The van der Waals surface area contributed by atoms with Crippen molar-refractivity contribution in [2.24, 2.45) is 28.6 Å². The monoisotopic (exact) mass is 473 g/mol. The van der Waals surface area contributed by atoms with Gasteiger partial charge in [-0.1, -0.05) is 37.5 Å². The van der Waals surface area contributed by atoms with Gasteiger partial charge in [-0.05, 0) is 112 Å². The molecular weight excluding hydrogens is 430 g/mol. The third-order valence-electron chi connectivity index (χ3n) is 10.9. The number of anilines is 1. The maximum absolute atomic E-state index is 12.4. The minimum Gasteiger partial charge on any atom is -0.377 e. The molecule has 1 unspecified atom stereocenters. The zero-order chi connectivity index (χ0) is 25.2. The number of rotatable bonds is 3. The van der Waals surface area contributed by atoms with Crippen molar-refractivity contribution in [3.8, 4) is 11.8 Å². The van der Waals surface area contributed by atoms with E-state index in [2.05, 4.69) is 75.7 Å². The molecule has 0 radical (unpaired) electrons. The Morgan fingerprint density at radius 2 is 1.80 bits per heavy atom. The van der Waals surface area contributed by atoms with Crippen LogP contribution in [0.3, 0.4) is 0 Å². The molecular formula is C32H43NO2. The second-order valence-electron chi connectivity index (χ2n) is 12.7. The van der Waals surface area contributed by atoms with Gasteiger partial charge >= 0.3 is 0 Å². The first-order valence-electron chi connectivity index (χ1n) is 13.8. The van der Waals surface area contributed by atoms with Crippen LogP contribution in [-0.2, 0) is 4.79 Å². The molecule has 7 atom stereocenters. The van der Waals surface area contributed by atoms with Gasteiger partial charge in [0.25, 0.3) is 0 Å². The van der Waals surface area contributed by atoms with Crippen LogP contribution in [0.4, 0.5) is 5.69 Å². The van der Waals surface area contributed by atoms with Crippen LogP contribution in [0.15, 0.2) is 35.9 Å². The number of hydrogen-bond acceptors (Lipinski definition) is 3. The molecule has 0 spiro atoms. The Morgan fingerprint density at radius 1 is 1.09 bits per heavy atom. The van der Waals surface area contributed by atoms with E-state index in [4.69, 9.17) is 0 Å². The molecule has 3 fully saturated rings. The van der Waals surface area contributed by atoms with E-state index in [-0.39, 0.29) is 10.8 Å². The number of benzene rings is 1. The fraction of sp³-hybridized carbons (Fsp3) is 0.656. The van der Waals surface area contributed by atoms with Gasteiger partial charge in [0.1, 0.15) is 5.60 Å². The summed E-state index contributed by atoms with van der Waals surface area (Å²) in [6, 6.07) is 9.68. The normalized spacial score (nSPS) is 40.2. The molecule has 1 aromatic rings. The van der Waals surface area contributed by atoms with Crippen LogP contribution in [0.25, 0.3) is 0 Å². The Kier molecular flexibility index (Phi) is 5.99. The van der Waals surface area contributed by atoms with Gasteiger partial charge in [0.15, 0.2) is 5.78 Å². The smallest absolute Gasteiger partial charge is 0.155 e. The van der Waals surface area contributed by atoms with Crippen molar-refractivity contribution in [3.63, 3.8) is 0 Å². The van der Waals surface area contributed by atoms with Crippen LogP contribution < -0.4 is 4.90 Å². The van der Waals surface area contributed by atoms with Gasteiger partial charge in [0, 0.05) is 30.6 Å². The van der Waals surface area contributed by atoms with Crippen molar-refractivity contribution in [1.82, 2.24) is 0 Å². The summed E-state index contributed by atoms with van der Waals surface area (Å²) in [5, 5.41) is 11.9. The van der Waals surface area contributed by atoms with Gasteiger partial charge in [-0.3, -0.25) is 4.79 Å². The molecule has 0 bridgehead atoms. The van der Waals surface area contributed by atoms with Crippen LogP contribution in [0.2, 0.25) is 0 Å². The summed E-state index contributed by atoms with van der Waals surface area (Å²) in [7, 11) is 2.16. The lowest BCUT2D eigenvalue weighted by molar-refractivity contribution is -0.122. The van der Waals surface area contributed by atoms with E-state index in [0.717, 1.165) is 38.5 Å². The maximum Gasteiger partial charge on any atom is 0.155 e. The highest BCUT2D eigenvalue weighted by Gasteiger charge is 2.66. The van der Waals surface area contributed by atoms with Gasteiger partial charge in [-0.2, -0.15) is 0 Å². The zero-order valence-corrected chi connectivity index (χ0v) is 22.5. The highest BCUT2D eigenvalue weighted by molar-refractivity contribution is 5.91. The number of aliphatic hydroxyl groups is 1. The number of allylic oxidation sites excluding steroid dienone is 1. The Hall–Kier alpha value is -2.05. The predicted octanol–water partition coefficient (Wildman–Crippen LogP) is 6.51.